The number of aromatic hydroxyl groups is 1. The predicted octanol–water partition coefficient (Wildman–Crippen LogP) is 5.15. The van der Waals surface area contributed by atoms with Gasteiger partial charge in [0.15, 0.2) is 0 Å². The van der Waals surface area contributed by atoms with E-state index in [1.807, 2.05) is 96.0 Å². The Morgan fingerprint density at radius 2 is 1.49 bits per heavy atom. The Morgan fingerprint density at radius 3 is 2.03 bits per heavy atom. The molecule has 0 aliphatic carbocycles. The molecule has 4 N–H and O–H groups in total. The van der Waals surface area contributed by atoms with Crippen LogP contribution in [0.2, 0.25) is 0 Å². The van der Waals surface area contributed by atoms with E-state index in [-0.39, 0.29) is 59.6 Å². The van der Waals surface area contributed by atoms with Crippen molar-refractivity contribution in [3.05, 3.63) is 65.7 Å². The van der Waals surface area contributed by atoms with Crippen molar-refractivity contribution < 1.29 is 38.9 Å². The normalized spacial score (nSPS) is 19.1. The number of aliphatic hydroxyl groups excluding tert-OH is 1. The van der Waals surface area contributed by atoms with E-state index in [0.29, 0.717) is 31.5 Å². The van der Waals surface area contributed by atoms with Crippen LogP contribution in [0.3, 0.4) is 0 Å². The number of hydrogen-bond donors (Lipinski definition) is 4. The molecule has 1 heterocycles. The zero-order valence-corrected chi connectivity index (χ0v) is 37.6. The Kier molecular flexibility index (Phi) is 19.3. The van der Waals surface area contributed by atoms with Crippen molar-refractivity contribution >= 4 is 23.6 Å². The summed E-state index contributed by atoms with van der Waals surface area (Å²) in [5.74, 6) is -1.74. The molecule has 9 unspecified atom stereocenters. The molecule has 1 fully saturated rings. The zero-order chi connectivity index (χ0) is 44.1. The number of ether oxygens (including phenoxy) is 2. The molecule has 10 atom stereocenters. The standard InChI is InChI=1S/C46H73N5O8/c1-13-30(6)41(50(10)46(57)39(28(2)3)48-45(56)40(29(4)5)49(9)27-33-21-23-35(52)24-22-33)37(58-11)26-38(53)51-25-17-20-36(51)43(59-12)31(7)44(55)47-32(8)42(54)34-18-15-14-16-19-34/h14-16,18-19,21-24,28-32,36-37,39-43,52,54H,13,17,20,25-27H2,1-12H3,(H,47,55)(H,48,56)/t30?,31?,32?,36-,37?,39?,40?,41?,42?,43?/m0/s1. The van der Waals surface area contributed by atoms with Gasteiger partial charge in [-0.1, -0.05) is 97.4 Å². The number of nitrogens with one attached hydrogen (secondary N) is 2. The molecule has 3 rings (SSSR count). The molecule has 13 nitrogen and oxygen atoms in total. The Bertz CT molecular complexity index is 1620. The van der Waals surface area contributed by atoms with Crippen LogP contribution < -0.4 is 10.6 Å². The lowest BCUT2D eigenvalue weighted by Crippen LogP contribution is -2.60. The van der Waals surface area contributed by atoms with Gasteiger partial charge in [0.05, 0.1) is 54.8 Å². The molecule has 2 aromatic carbocycles. The number of rotatable bonds is 22. The van der Waals surface area contributed by atoms with E-state index >= 15 is 0 Å². The molecule has 0 bridgehead atoms. The van der Waals surface area contributed by atoms with Crippen LogP contribution in [0, 0.1) is 23.7 Å². The number of hydrogen-bond acceptors (Lipinski definition) is 9. The molecular weight excluding hydrogens is 751 g/mol. The summed E-state index contributed by atoms with van der Waals surface area (Å²) in [4.78, 5) is 61.7. The molecule has 1 saturated heterocycles. The summed E-state index contributed by atoms with van der Waals surface area (Å²) in [5, 5.41) is 26.6. The first-order valence-electron chi connectivity index (χ1n) is 21.3. The summed E-state index contributed by atoms with van der Waals surface area (Å²) in [6.45, 7) is 16.4. The fourth-order valence-corrected chi connectivity index (χ4v) is 8.65. The summed E-state index contributed by atoms with van der Waals surface area (Å²) in [6.07, 6.45) is -0.00835. The second kappa shape index (κ2) is 23.1. The summed E-state index contributed by atoms with van der Waals surface area (Å²) in [5.41, 5.74) is 1.65. The van der Waals surface area contributed by atoms with Crippen molar-refractivity contribution in [1.29, 1.82) is 0 Å². The first-order chi connectivity index (χ1) is 27.9. The smallest absolute Gasteiger partial charge is 0.245 e. The lowest BCUT2D eigenvalue weighted by atomic mass is 9.89. The molecular formula is C46H73N5O8. The van der Waals surface area contributed by atoms with E-state index in [1.54, 1.807) is 57.0 Å². The minimum absolute atomic E-state index is 0.00707. The van der Waals surface area contributed by atoms with Gasteiger partial charge in [-0.05, 0) is 67.8 Å². The van der Waals surface area contributed by atoms with E-state index < -0.39 is 48.4 Å². The van der Waals surface area contributed by atoms with E-state index in [2.05, 4.69) is 10.6 Å². The monoisotopic (exact) mass is 824 g/mol. The van der Waals surface area contributed by atoms with Crippen LogP contribution in [0.1, 0.15) is 98.3 Å². The van der Waals surface area contributed by atoms with Gasteiger partial charge in [-0.15, -0.1) is 0 Å². The number of aliphatic hydroxyl groups is 1. The van der Waals surface area contributed by atoms with Crippen LogP contribution in [0.5, 0.6) is 5.75 Å². The highest BCUT2D eigenvalue weighted by Gasteiger charge is 2.43. The molecule has 330 valence electrons. The van der Waals surface area contributed by atoms with Crippen LogP contribution in [0.4, 0.5) is 0 Å². The summed E-state index contributed by atoms with van der Waals surface area (Å²) >= 11 is 0. The van der Waals surface area contributed by atoms with Crippen LogP contribution in [0.15, 0.2) is 54.6 Å². The largest absolute Gasteiger partial charge is 0.508 e. The predicted molar refractivity (Wildman–Crippen MR) is 230 cm³/mol. The Balaban J connectivity index is 1.77. The number of phenolic OH excluding ortho intramolecular Hbond substituents is 1. The molecule has 0 spiro atoms. The molecule has 59 heavy (non-hydrogen) atoms. The number of carbonyl (C=O) groups is 4. The van der Waals surface area contributed by atoms with Gasteiger partial charge in [0.25, 0.3) is 0 Å². The Morgan fingerprint density at radius 1 is 0.864 bits per heavy atom. The average Bonchev–Trinajstić information content (AvgIpc) is 3.69. The van der Waals surface area contributed by atoms with E-state index in [4.69, 9.17) is 9.47 Å². The van der Waals surface area contributed by atoms with Crippen molar-refractivity contribution in [1.82, 2.24) is 25.3 Å². The van der Waals surface area contributed by atoms with E-state index in [9.17, 15) is 29.4 Å². The molecule has 1 aliphatic rings. The molecule has 2 aromatic rings. The fourth-order valence-electron chi connectivity index (χ4n) is 8.65. The number of methoxy groups -OCH3 is 2. The SMILES string of the molecule is CCC(C)C(C(CC(=O)N1CCC[C@H]1C(OC)C(C)C(=O)NC(C)C(O)c1ccccc1)OC)N(C)C(=O)C(NC(=O)C(C(C)C)N(C)Cc1ccc(O)cc1)C(C)C. The lowest BCUT2D eigenvalue weighted by molar-refractivity contribution is -0.148. The number of likely N-dealkylation sites (N-methyl/N-ethyl adjacent to an activating group) is 2. The lowest BCUT2D eigenvalue weighted by Gasteiger charge is -2.41. The van der Waals surface area contributed by atoms with Gasteiger partial charge in [-0.2, -0.15) is 0 Å². The molecule has 4 amide bonds. The van der Waals surface area contributed by atoms with Gasteiger partial charge in [-0.25, -0.2) is 0 Å². The van der Waals surface area contributed by atoms with Crippen molar-refractivity contribution in [3.8, 4) is 5.75 Å². The number of nitrogens with zero attached hydrogens (tertiary/aromatic N) is 3. The van der Waals surface area contributed by atoms with E-state index in [0.717, 1.165) is 12.0 Å². The summed E-state index contributed by atoms with van der Waals surface area (Å²) < 4.78 is 12.0. The van der Waals surface area contributed by atoms with Crippen LogP contribution >= 0.6 is 0 Å². The van der Waals surface area contributed by atoms with Gasteiger partial charge < -0.3 is 40.1 Å². The van der Waals surface area contributed by atoms with Crippen molar-refractivity contribution in [2.75, 3.05) is 34.9 Å². The molecule has 0 radical (unpaired) electrons. The number of likely N-dealkylation sites (tertiary alicyclic amines) is 1. The van der Waals surface area contributed by atoms with Gasteiger partial charge in [0.2, 0.25) is 23.6 Å². The number of amides is 4. The summed E-state index contributed by atoms with van der Waals surface area (Å²) in [6, 6.07) is 13.3. The number of benzene rings is 2. The average molecular weight is 824 g/mol. The topological polar surface area (TPSA) is 161 Å². The quantitative estimate of drug-likeness (QED) is 0.126. The van der Waals surface area contributed by atoms with Crippen LogP contribution in [-0.4, -0.2) is 126 Å². The summed E-state index contributed by atoms with van der Waals surface area (Å²) in [7, 11) is 6.71. The van der Waals surface area contributed by atoms with Crippen molar-refractivity contribution in [2.45, 2.75) is 136 Å². The molecule has 13 heteroatoms. The highest BCUT2D eigenvalue weighted by Crippen LogP contribution is 2.30. The fraction of sp³-hybridized carbons (Fsp3) is 0.652. The van der Waals surface area contributed by atoms with Crippen molar-refractivity contribution in [2.24, 2.45) is 23.7 Å². The Hall–Kier alpha value is -4.04. The van der Waals surface area contributed by atoms with Crippen LogP contribution in [0.25, 0.3) is 0 Å². The first-order valence-corrected chi connectivity index (χ1v) is 21.3. The maximum Gasteiger partial charge on any atom is 0.245 e. The minimum Gasteiger partial charge on any atom is -0.508 e. The number of phenols is 1. The van der Waals surface area contributed by atoms with Crippen molar-refractivity contribution in [3.63, 3.8) is 0 Å². The van der Waals surface area contributed by atoms with Gasteiger partial charge in [-0.3, -0.25) is 24.1 Å². The molecule has 0 aromatic heterocycles. The highest BCUT2D eigenvalue weighted by atomic mass is 16.5. The van der Waals surface area contributed by atoms with Gasteiger partial charge in [0.1, 0.15) is 11.8 Å². The first kappa shape index (κ1) is 49.3. The second-order valence-electron chi connectivity index (χ2n) is 17.2. The third-order valence-electron chi connectivity index (χ3n) is 12.2. The highest BCUT2D eigenvalue weighted by molar-refractivity contribution is 5.90. The number of carbonyl (C=O) groups excluding carboxylic acids is 4. The molecule has 0 saturated carbocycles. The third-order valence-corrected chi connectivity index (χ3v) is 12.2. The maximum atomic E-state index is 14.5. The third kappa shape index (κ3) is 13.0. The van der Waals surface area contributed by atoms with E-state index in [1.165, 1.54) is 0 Å². The molecule has 1 aliphatic heterocycles. The maximum absolute atomic E-state index is 14.5. The minimum atomic E-state index is -0.888. The zero-order valence-electron chi connectivity index (χ0n) is 37.6. The van der Waals surface area contributed by atoms with Crippen LogP contribution in [-0.2, 0) is 35.2 Å². The second-order valence-corrected chi connectivity index (χ2v) is 17.2. The Labute approximate surface area is 353 Å². The van der Waals surface area contributed by atoms with Gasteiger partial charge in [0, 0.05) is 34.4 Å². The van der Waals surface area contributed by atoms with Gasteiger partial charge >= 0.3 is 0 Å².